The number of rotatable bonds is 6. The van der Waals surface area contributed by atoms with E-state index in [1.165, 1.54) is 0 Å². The van der Waals surface area contributed by atoms with E-state index in [9.17, 15) is 5.11 Å². The Labute approximate surface area is 108 Å². The standard InChI is InChI=1S/C12H22ClN3O/c1-5-9-11(13)10(16(6-2)15-9)7-14-8-12(3,4)17/h14,17H,5-8H2,1-4H3. The molecule has 0 fully saturated rings. The van der Waals surface area contributed by atoms with Crippen molar-refractivity contribution in [2.75, 3.05) is 6.54 Å². The predicted octanol–water partition coefficient (Wildman–Crippen LogP) is 1.98. The van der Waals surface area contributed by atoms with E-state index in [-0.39, 0.29) is 0 Å². The third kappa shape index (κ3) is 3.98. The molecule has 1 aromatic heterocycles. The summed E-state index contributed by atoms with van der Waals surface area (Å²) in [5.74, 6) is 0. The summed E-state index contributed by atoms with van der Waals surface area (Å²) >= 11 is 6.27. The van der Waals surface area contributed by atoms with Gasteiger partial charge in [-0.25, -0.2) is 0 Å². The predicted molar refractivity (Wildman–Crippen MR) is 70.3 cm³/mol. The van der Waals surface area contributed by atoms with E-state index in [1.807, 2.05) is 18.5 Å². The molecule has 5 heteroatoms. The van der Waals surface area contributed by atoms with E-state index >= 15 is 0 Å². The molecule has 1 heterocycles. The molecule has 0 bridgehead atoms. The van der Waals surface area contributed by atoms with Gasteiger partial charge in [-0.1, -0.05) is 18.5 Å². The van der Waals surface area contributed by atoms with Gasteiger partial charge in [0, 0.05) is 19.6 Å². The lowest BCUT2D eigenvalue weighted by Gasteiger charge is -2.17. The Balaban J connectivity index is 2.72. The van der Waals surface area contributed by atoms with E-state index in [1.54, 1.807) is 13.8 Å². The number of nitrogens with zero attached hydrogens (tertiary/aromatic N) is 2. The number of aryl methyl sites for hydroxylation is 2. The summed E-state index contributed by atoms with van der Waals surface area (Å²) in [5, 5.41) is 18.0. The van der Waals surface area contributed by atoms with Crippen LogP contribution in [-0.4, -0.2) is 27.0 Å². The normalized spacial score (nSPS) is 12.1. The van der Waals surface area contributed by atoms with Crippen molar-refractivity contribution in [3.63, 3.8) is 0 Å². The van der Waals surface area contributed by atoms with Crippen LogP contribution in [0.25, 0.3) is 0 Å². The van der Waals surface area contributed by atoms with Crippen LogP contribution in [0.2, 0.25) is 5.02 Å². The van der Waals surface area contributed by atoms with Crippen molar-refractivity contribution in [1.29, 1.82) is 0 Å². The van der Waals surface area contributed by atoms with Crippen molar-refractivity contribution in [1.82, 2.24) is 15.1 Å². The Morgan fingerprint density at radius 2 is 2.06 bits per heavy atom. The average Bonchev–Trinajstić information content (AvgIpc) is 2.54. The van der Waals surface area contributed by atoms with Gasteiger partial charge in [-0.2, -0.15) is 5.10 Å². The maximum atomic E-state index is 9.62. The van der Waals surface area contributed by atoms with E-state index in [2.05, 4.69) is 10.4 Å². The zero-order chi connectivity index (χ0) is 13.1. The fourth-order valence-electron chi connectivity index (χ4n) is 1.67. The summed E-state index contributed by atoms with van der Waals surface area (Å²) in [6.45, 7) is 9.60. The van der Waals surface area contributed by atoms with Crippen molar-refractivity contribution in [2.24, 2.45) is 0 Å². The van der Waals surface area contributed by atoms with Crippen molar-refractivity contribution in [3.8, 4) is 0 Å². The number of aromatic nitrogens is 2. The van der Waals surface area contributed by atoms with Gasteiger partial charge in [0.25, 0.3) is 0 Å². The molecule has 1 aromatic rings. The summed E-state index contributed by atoms with van der Waals surface area (Å²) in [6, 6.07) is 0. The summed E-state index contributed by atoms with van der Waals surface area (Å²) in [4.78, 5) is 0. The minimum Gasteiger partial charge on any atom is -0.389 e. The zero-order valence-corrected chi connectivity index (χ0v) is 11.8. The molecule has 2 N–H and O–H groups in total. The second-order valence-corrected chi connectivity index (χ2v) is 5.17. The van der Waals surface area contributed by atoms with Crippen LogP contribution < -0.4 is 5.32 Å². The van der Waals surface area contributed by atoms with Gasteiger partial charge in [0.2, 0.25) is 0 Å². The number of hydrogen-bond acceptors (Lipinski definition) is 3. The first-order valence-corrected chi connectivity index (χ1v) is 6.44. The van der Waals surface area contributed by atoms with Crippen LogP contribution in [-0.2, 0) is 19.5 Å². The Morgan fingerprint density at radius 3 is 2.53 bits per heavy atom. The molecule has 4 nitrogen and oxygen atoms in total. The van der Waals surface area contributed by atoms with Gasteiger partial charge >= 0.3 is 0 Å². The van der Waals surface area contributed by atoms with Gasteiger partial charge in [-0.15, -0.1) is 0 Å². The summed E-state index contributed by atoms with van der Waals surface area (Å²) in [7, 11) is 0. The maximum Gasteiger partial charge on any atom is 0.0863 e. The van der Waals surface area contributed by atoms with Gasteiger partial charge in [0.05, 0.1) is 22.0 Å². The second-order valence-electron chi connectivity index (χ2n) is 4.79. The third-order valence-electron chi connectivity index (χ3n) is 2.54. The highest BCUT2D eigenvalue weighted by atomic mass is 35.5. The van der Waals surface area contributed by atoms with Crippen LogP contribution >= 0.6 is 11.6 Å². The van der Waals surface area contributed by atoms with E-state index < -0.39 is 5.60 Å². The molecule has 0 saturated carbocycles. The highest BCUT2D eigenvalue weighted by Crippen LogP contribution is 2.21. The van der Waals surface area contributed by atoms with Crippen molar-refractivity contribution in [3.05, 3.63) is 16.4 Å². The maximum absolute atomic E-state index is 9.62. The van der Waals surface area contributed by atoms with Crippen molar-refractivity contribution >= 4 is 11.6 Å². The van der Waals surface area contributed by atoms with E-state index in [0.717, 1.165) is 29.4 Å². The lowest BCUT2D eigenvalue weighted by molar-refractivity contribution is 0.0793. The third-order valence-corrected chi connectivity index (χ3v) is 2.98. The van der Waals surface area contributed by atoms with Crippen LogP contribution in [0.5, 0.6) is 0 Å². The smallest absolute Gasteiger partial charge is 0.0863 e. The Hall–Kier alpha value is -0.580. The van der Waals surface area contributed by atoms with E-state index in [0.29, 0.717) is 13.1 Å². The summed E-state index contributed by atoms with van der Waals surface area (Å²) < 4.78 is 1.92. The molecule has 0 unspecified atom stereocenters. The minimum absolute atomic E-state index is 0.527. The highest BCUT2D eigenvalue weighted by Gasteiger charge is 2.16. The molecule has 0 aliphatic rings. The monoisotopic (exact) mass is 259 g/mol. The Kier molecular flexibility index (Phi) is 4.98. The van der Waals surface area contributed by atoms with Gasteiger partial charge in [-0.05, 0) is 27.2 Å². The first kappa shape index (κ1) is 14.5. The molecule has 0 aromatic carbocycles. The molecule has 0 radical (unpaired) electrons. The summed E-state index contributed by atoms with van der Waals surface area (Å²) in [5.41, 5.74) is 1.22. The van der Waals surface area contributed by atoms with Gasteiger partial charge in [0.15, 0.2) is 0 Å². The molecule has 0 saturated heterocycles. The molecular formula is C12H22ClN3O. The van der Waals surface area contributed by atoms with Crippen molar-refractivity contribution < 1.29 is 5.11 Å². The van der Waals surface area contributed by atoms with Gasteiger partial charge in [0.1, 0.15) is 0 Å². The molecule has 0 amide bonds. The summed E-state index contributed by atoms with van der Waals surface area (Å²) in [6.07, 6.45) is 0.838. The van der Waals surface area contributed by atoms with Gasteiger partial charge in [-0.3, -0.25) is 4.68 Å². The average molecular weight is 260 g/mol. The molecular weight excluding hydrogens is 238 g/mol. The van der Waals surface area contributed by atoms with Crippen LogP contribution in [0.3, 0.4) is 0 Å². The molecule has 0 spiro atoms. The topological polar surface area (TPSA) is 50.1 Å². The fraction of sp³-hybridized carbons (Fsp3) is 0.750. The van der Waals surface area contributed by atoms with Crippen molar-refractivity contribution in [2.45, 2.75) is 52.8 Å². The number of hydrogen-bond donors (Lipinski definition) is 2. The molecule has 98 valence electrons. The highest BCUT2D eigenvalue weighted by molar-refractivity contribution is 6.31. The molecule has 0 aliphatic carbocycles. The number of halogens is 1. The first-order chi connectivity index (χ1) is 7.89. The number of nitrogens with one attached hydrogen (secondary N) is 1. The van der Waals surface area contributed by atoms with Gasteiger partial charge < -0.3 is 10.4 Å². The second kappa shape index (κ2) is 5.85. The lowest BCUT2D eigenvalue weighted by Crippen LogP contribution is -2.34. The Morgan fingerprint density at radius 1 is 1.41 bits per heavy atom. The van der Waals surface area contributed by atoms with Crippen LogP contribution in [0, 0.1) is 0 Å². The molecule has 0 aliphatic heterocycles. The lowest BCUT2D eigenvalue weighted by atomic mass is 10.1. The Bertz CT molecular complexity index is 369. The number of aliphatic hydroxyl groups is 1. The fourth-order valence-corrected chi connectivity index (χ4v) is 2.01. The largest absolute Gasteiger partial charge is 0.389 e. The first-order valence-electron chi connectivity index (χ1n) is 6.06. The van der Waals surface area contributed by atoms with E-state index in [4.69, 9.17) is 11.6 Å². The van der Waals surface area contributed by atoms with Crippen LogP contribution in [0.1, 0.15) is 39.1 Å². The molecule has 1 rings (SSSR count). The zero-order valence-electron chi connectivity index (χ0n) is 11.0. The minimum atomic E-state index is -0.711. The molecule has 17 heavy (non-hydrogen) atoms. The van der Waals surface area contributed by atoms with Crippen LogP contribution in [0.15, 0.2) is 0 Å². The quantitative estimate of drug-likeness (QED) is 0.821. The van der Waals surface area contributed by atoms with Crippen LogP contribution in [0.4, 0.5) is 0 Å². The molecule has 0 atom stereocenters. The SMILES string of the molecule is CCc1nn(CC)c(CNCC(C)(C)O)c1Cl.